The van der Waals surface area contributed by atoms with Crippen molar-refractivity contribution in [1.29, 1.82) is 0 Å². The van der Waals surface area contributed by atoms with E-state index in [9.17, 15) is 9.59 Å². The Bertz CT molecular complexity index is 851. The largest absolute Gasteiger partial charge is 0.493 e. The van der Waals surface area contributed by atoms with Gasteiger partial charge in [0.05, 0.1) is 7.11 Å². The van der Waals surface area contributed by atoms with Gasteiger partial charge in [0.25, 0.3) is 0 Å². The number of methoxy groups -OCH3 is 1. The lowest BCUT2D eigenvalue weighted by Gasteiger charge is -2.31. The monoisotopic (exact) mass is 382 g/mol. The molecule has 6 heteroatoms. The van der Waals surface area contributed by atoms with Gasteiger partial charge in [0.15, 0.2) is 22.8 Å². The van der Waals surface area contributed by atoms with E-state index in [1.165, 1.54) is 13.3 Å². The first-order valence-corrected chi connectivity index (χ1v) is 9.12. The zero-order chi connectivity index (χ0) is 20.7. The molecule has 1 aromatic heterocycles. The van der Waals surface area contributed by atoms with E-state index in [1.54, 1.807) is 49.5 Å². The second-order valence-electron chi connectivity index (χ2n) is 6.62. The molecule has 2 atom stereocenters. The molecule has 28 heavy (non-hydrogen) atoms. The Morgan fingerprint density at radius 2 is 2.07 bits per heavy atom. The zero-order valence-corrected chi connectivity index (χ0v) is 16.5. The molecular formula is C22H26N2O4. The molecule has 1 heterocycles. The van der Waals surface area contributed by atoms with E-state index in [4.69, 9.17) is 15.2 Å². The summed E-state index contributed by atoms with van der Waals surface area (Å²) in [6.45, 7) is 7.32. The Labute approximate surface area is 165 Å². The molecule has 0 aliphatic heterocycles. The van der Waals surface area contributed by atoms with Crippen LogP contribution in [0.2, 0.25) is 0 Å². The van der Waals surface area contributed by atoms with Crippen molar-refractivity contribution < 1.29 is 19.1 Å². The van der Waals surface area contributed by atoms with Crippen molar-refractivity contribution in [1.82, 2.24) is 4.98 Å². The minimum absolute atomic E-state index is 0.206. The number of Topliss-reactive ketones (excluding diaryl/α,β-unsaturated/α-hetero) is 1. The van der Waals surface area contributed by atoms with Crippen LogP contribution in [0.25, 0.3) is 0 Å². The van der Waals surface area contributed by atoms with Gasteiger partial charge in [0.1, 0.15) is 0 Å². The summed E-state index contributed by atoms with van der Waals surface area (Å²) in [5.74, 6) is -1.21. The highest BCUT2D eigenvalue weighted by molar-refractivity contribution is 6.16. The number of nitrogens with two attached hydrogens (primary N) is 1. The van der Waals surface area contributed by atoms with E-state index in [-0.39, 0.29) is 11.3 Å². The van der Waals surface area contributed by atoms with Gasteiger partial charge < -0.3 is 15.2 Å². The number of pyridine rings is 1. The molecule has 2 aromatic rings. The SMILES string of the molecule is C=CCc1ccc(OC(=O)C(N)(C(=O)c2cccnc2)C(C)CC)c(OC)c1. The van der Waals surface area contributed by atoms with Crippen LogP contribution in [-0.4, -0.2) is 29.4 Å². The smallest absolute Gasteiger partial charge is 0.340 e. The van der Waals surface area contributed by atoms with Crippen molar-refractivity contribution in [3.05, 3.63) is 66.5 Å². The van der Waals surface area contributed by atoms with E-state index in [2.05, 4.69) is 11.6 Å². The molecule has 0 bridgehead atoms. The first-order valence-electron chi connectivity index (χ1n) is 9.12. The summed E-state index contributed by atoms with van der Waals surface area (Å²) in [6, 6.07) is 8.39. The highest BCUT2D eigenvalue weighted by atomic mass is 16.6. The quantitative estimate of drug-likeness (QED) is 0.235. The summed E-state index contributed by atoms with van der Waals surface area (Å²) in [5.41, 5.74) is 5.75. The highest BCUT2D eigenvalue weighted by Gasteiger charge is 2.48. The van der Waals surface area contributed by atoms with Gasteiger partial charge in [0, 0.05) is 18.0 Å². The minimum Gasteiger partial charge on any atom is -0.493 e. The van der Waals surface area contributed by atoms with Gasteiger partial charge in [-0.25, -0.2) is 4.79 Å². The van der Waals surface area contributed by atoms with Gasteiger partial charge in [-0.15, -0.1) is 6.58 Å². The summed E-state index contributed by atoms with van der Waals surface area (Å²) in [5, 5.41) is 0. The third-order valence-electron chi connectivity index (χ3n) is 4.84. The summed E-state index contributed by atoms with van der Waals surface area (Å²) in [7, 11) is 1.48. The number of carbonyl (C=O) groups excluding carboxylic acids is 2. The number of nitrogens with zero attached hydrogens (tertiary/aromatic N) is 1. The van der Waals surface area contributed by atoms with Crippen LogP contribution >= 0.6 is 0 Å². The second kappa shape index (κ2) is 9.28. The van der Waals surface area contributed by atoms with Crippen molar-refractivity contribution in [2.24, 2.45) is 11.7 Å². The topological polar surface area (TPSA) is 91.5 Å². The lowest BCUT2D eigenvalue weighted by molar-refractivity contribution is -0.140. The fourth-order valence-corrected chi connectivity index (χ4v) is 2.85. The standard InChI is InChI=1S/C22H26N2O4/c1-5-8-16-10-11-18(19(13-16)27-4)28-21(26)22(23,15(3)6-2)20(25)17-9-7-12-24-14-17/h5,7,9-15H,1,6,8,23H2,2-4H3. The van der Waals surface area contributed by atoms with Crippen LogP contribution < -0.4 is 15.2 Å². The maximum atomic E-state index is 13.1. The molecule has 148 valence electrons. The van der Waals surface area contributed by atoms with Crippen LogP contribution in [-0.2, 0) is 11.2 Å². The van der Waals surface area contributed by atoms with Crippen LogP contribution in [0.15, 0.2) is 55.4 Å². The van der Waals surface area contributed by atoms with Crippen LogP contribution in [0.1, 0.15) is 36.2 Å². The number of benzene rings is 1. The summed E-state index contributed by atoms with van der Waals surface area (Å²) in [6.07, 6.45) is 5.88. The molecular weight excluding hydrogens is 356 g/mol. The third-order valence-corrected chi connectivity index (χ3v) is 4.84. The summed E-state index contributed by atoms with van der Waals surface area (Å²) in [4.78, 5) is 30.1. The molecule has 2 rings (SSSR count). The molecule has 2 unspecified atom stereocenters. The molecule has 1 aromatic carbocycles. The number of hydrogen-bond donors (Lipinski definition) is 1. The van der Waals surface area contributed by atoms with Crippen molar-refractivity contribution in [2.75, 3.05) is 7.11 Å². The number of esters is 1. The number of ketones is 1. The lowest BCUT2D eigenvalue weighted by Crippen LogP contribution is -2.61. The molecule has 0 saturated heterocycles. The molecule has 0 aliphatic rings. The molecule has 2 N–H and O–H groups in total. The number of ether oxygens (including phenoxy) is 2. The lowest BCUT2D eigenvalue weighted by atomic mass is 9.78. The van der Waals surface area contributed by atoms with Gasteiger partial charge in [-0.3, -0.25) is 9.78 Å². The molecule has 0 fully saturated rings. The molecule has 0 aliphatic carbocycles. The van der Waals surface area contributed by atoms with E-state index in [0.29, 0.717) is 18.6 Å². The Morgan fingerprint density at radius 1 is 1.32 bits per heavy atom. The molecule has 0 spiro atoms. The Hall–Kier alpha value is -2.99. The van der Waals surface area contributed by atoms with Crippen LogP contribution in [0.3, 0.4) is 0 Å². The molecule has 0 amide bonds. The number of carbonyl (C=O) groups is 2. The van der Waals surface area contributed by atoms with Gasteiger partial charge in [-0.1, -0.05) is 32.4 Å². The number of hydrogen-bond acceptors (Lipinski definition) is 6. The Morgan fingerprint density at radius 3 is 2.64 bits per heavy atom. The van der Waals surface area contributed by atoms with Gasteiger partial charge in [0.2, 0.25) is 0 Å². The van der Waals surface area contributed by atoms with Crippen molar-refractivity contribution in [3.63, 3.8) is 0 Å². The van der Waals surface area contributed by atoms with Crippen molar-refractivity contribution in [2.45, 2.75) is 32.2 Å². The minimum atomic E-state index is -1.84. The number of rotatable bonds is 9. The first-order chi connectivity index (χ1) is 13.4. The van der Waals surface area contributed by atoms with Gasteiger partial charge >= 0.3 is 5.97 Å². The third kappa shape index (κ3) is 4.28. The van der Waals surface area contributed by atoms with E-state index in [1.807, 2.05) is 6.92 Å². The molecule has 0 saturated carbocycles. The highest BCUT2D eigenvalue weighted by Crippen LogP contribution is 2.31. The van der Waals surface area contributed by atoms with E-state index < -0.39 is 23.2 Å². The van der Waals surface area contributed by atoms with Crippen molar-refractivity contribution >= 4 is 11.8 Å². The van der Waals surface area contributed by atoms with Gasteiger partial charge in [-0.2, -0.15) is 0 Å². The van der Waals surface area contributed by atoms with Gasteiger partial charge in [-0.05, 0) is 42.2 Å². The average Bonchev–Trinajstić information content (AvgIpc) is 2.73. The second-order valence-corrected chi connectivity index (χ2v) is 6.62. The van der Waals surface area contributed by atoms with Crippen LogP contribution in [0.4, 0.5) is 0 Å². The normalized spacial score (nSPS) is 13.9. The summed E-state index contributed by atoms with van der Waals surface area (Å²) < 4.78 is 10.9. The van der Waals surface area contributed by atoms with E-state index in [0.717, 1.165) is 5.56 Å². The maximum Gasteiger partial charge on any atom is 0.340 e. The predicted molar refractivity (Wildman–Crippen MR) is 107 cm³/mol. The van der Waals surface area contributed by atoms with E-state index >= 15 is 0 Å². The zero-order valence-electron chi connectivity index (χ0n) is 16.5. The summed E-state index contributed by atoms with van der Waals surface area (Å²) >= 11 is 0. The number of aromatic nitrogens is 1. The van der Waals surface area contributed by atoms with Crippen molar-refractivity contribution in [3.8, 4) is 11.5 Å². The van der Waals surface area contributed by atoms with Crippen LogP contribution in [0.5, 0.6) is 11.5 Å². The van der Waals surface area contributed by atoms with Crippen LogP contribution in [0, 0.1) is 5.92 Å². The maximum absolute atomic E-state index is 13.1. The average molecular weight is 382 g/mol. The fourth-order valence-electron chi connectivity index (χ4n) is 2.85. The Kier molecular flexibility index (Phi) is 7.06. The Balaban J connectivity index is 2.39. The molecule has 6 nitrogen and oxygen atoms in total. The number of allylic oxidation sites excluding steroid dienone is 1. The fraction of sp³-hybridized carbons (Fsp3) is 0.318. The molecule has 0 radical (unpaired) electrons. The predicted octanol–water partition coefficient (Wildman–Crippen LogP) is 3.35. The first kappa shape index (κ1) is 21.3.